The molecule has 0 atom stereocenters. The van der Waals surface area contributed by atoms with Crippen molar-refractivity contribution < 1.29 is 13.6 Å². The van der Waals surface area contributed by atoms with Gasteiger partial charge in [0, 0.05) is 12.0 Å². The quantitative estimate of drug-likeness (QED) is 0.906. The number of carbonyl (C=O) groups is 1. The van der Waals surface area contributed by atoms with Crippen molar-refractivity contribution in [3.05, 3.63) is 16.4 Å². The van der Waals surface area contributed by atoms with Gasteiger partial charge in [-0.2, -0.15) is 5.10 Å². The van der Waals surface area contributed by atoms with Crippen molar-refractivity contribution in [1.29, 1.82) is 0 Å². The van der Waals surface area contributed by atoms with E-state index in [1.54, 1.807) is 0 Å². The van der Waals surface area contributed by atoms with Crippen LogP contribution >= 0.6 is 11.6 Å². The van der Waals surface area contributed by atoms with Gasteiger partial charge in [0.05, 0.1) is 10.7 Å². The van der Waals surface area contributed by atoms with Gasteiger partial charge in [-0.3, -0.25) is 9.48 Å². The molecule has 1 aromatic heterocycles. The molecule has 2 saturated carbocycles. The molecular weight excluding hydrogens is 276 g/mol. The summed E-state index contributed by atoms with van der Waals surface area (Å²) in [6.07, 6.45) is 1.10. The highest BCUT2D eigenvalue weighted by Crippen LogP contribution is 2.45. The van der Waals surface area contributed by atoms with Crippen LogP contribution in [0.2, 0.25) is 5.02 Å². The molecule has 1 amide bonds. The summed E-state index contributed by atoms with van der Waals surface area (Å²) < 4.78 is 26.9. The molecule has 0 radical (unpaired) electrons. The third kappa shape index (κ3) is 2.73. The van der Waals surface area contributed by atoms with Crippen molar-refractivity contribution in [3.8, 4) is 0 Å². The van der Waals surface area contributed by atoms with E-state index >= 15 is 0 Å². The minimum Gasteiger partial charge on any atom is -0.352 e. The number of rotatable bonds is 5. The number of aromatic nitrogens is 2. The Morgan fingerprint density at radius 2 is 2.11 bits per heavy atom. The number of carbonyl (C=O) groups excluding carboxylic acids is 1. The zero-order valence-corrected chi connectivity index (χ0v) is 11.0. The summed E-state index contributed by atoms with van der Waals surface area (Å²) in [7, 11) is 0. The van der Waals surface area contributed by atoms with E-state index < -0.39 is 12.1 Å². The number of amides is 1. The Hall–Kier alpha value is -1.17. The Balaban J connectivity index is 1.81. The van der Waals surface area contributed by atoms with Crippen LogP contribution < -0.4 is 5.32 Å². The van der Waals surface area contributed by atoms with Gasteiger partial charge in [0.2, 0.25) is 5.91 Å². The molecule has 0 aromatic carbocycles. The molecule has 2 aliphatic carbocycles. The van der Waals surface area contributed by atoms with E-state index in [1.165, 1.54) is 4.68 Å². The Kier molecular flexibility index (Phi) is 3.20. The van der Waals surface area contributed by atoms with Crippen LogP contribution in [0.5, 0.6) is 0 Å². The van der Waals surface area contributed by atoms with Crippen LogP contribution in [0.3, 0.4) is 0 Å². The zero-order chi connectivity index (χ0) is 13.6. The third-order valence-electron chi connectivity index (χ3n) is 3.36. The maximum Gasteiger partial charge on any atom is 0.283 e. The highest BCUT2D eigenvalue weighted by molar-refractivity contribution is 6.32. The Labute approximate surface area is 114 Å². The molecule has 19 heavy (non-hydrogen) atoms. The van der Waals surface area contributed by atoms with Crippen molar-refractivity contribution >= 4 is 17.5 Å². The Morgan fingerprint density at radius 3 is 2.63 bits per heavy atom. The largest absolute Gasteiger partial charge is 0.352 e. The van der Waals surface area contributed by atoms with E-state index in [0.29, 0.717) is 5.69 Å². The summed E-state index contributed by atoms with van der Waals surface area (Å²) in [5.74, 6) is -0.0226. The SMILES string of the molecule is O=C(Cn1nc(C(F)F)c(Cl)c1C1CC1)NC1CC1. The van der Waals surface area contributed by atoms with E-state index in [0.717, 1.165) is 25.7 Å². The predicted molar refractivity (Wildman–Crippen MR) is 65.3 cm³/mol. The normalized spacial score (nSPS) is 18.9. The Bertz CT molecular complexity index is 509. The molecule has 2 aliphatic rings. The number of nitrogens with one attached hydrogen (secondary N) is 1. The molecule has 4 nitrogen and oxygen atoms in total. The minimum absolute atomic E-state index is 0.0247. The highest BCUT2D eigenvalue weighted by atomic mass is 35.5. The van der Waals surface area contributed by atoms with Gasteiger partial charge < -0.3 is 5.32 Å². The summed E-state index contributed by atoms with van der Waals surface area (Å²) in [6, 6.07) is 0.248. The van der Waals surface area contributed by atoms with Crippen molar-refractivity contribution in [2.75, 3.05) is 0 Å². The molecule has 0 spiro atoms. The lowest BCUT2D eigenvalue weighted by atomic mass is 10.2. The van der Waals surface area contributed by atoms with Crippen molar-refractivity contribution in [3.63, 3.8) is 0 Å². The van der Waals surface area contributed by atoms with Gasteiger partial charge >= 0.3 is 0 Å². The van der Waals surface area contributed by atoms with Crippen LogP contribution in [0.25, 0.3) is 0 Å². The van der Waals surface area contributed by atoms with Gasteiger partial charge in [-0.1, -0.05) is 11.6 Å². The fraction of sp³-hybridized carbons (Fsp3) is 0.667. The fourth-order valence-corrected chi connectivity index (χ4v) is 2.49. The molecule has 0 unspecified atom stereocenters. The average Bonchev–Trinajstić information content (AvgIpc) is 3.21. The first-order valence-corrected chi connectivity index (χ1v) is 6.77. The molecule has 7 heteroatoms. The van der Waals surface area contributed by atoms with Crippen molar-refractivity contribution in [2.45, 2.75) is 50.6 Å². The first kappa shape index (κ1) is 12.8. The van der Waals surface area contributed by atoms with Gasteiger partial charge in [0.25, 0.3) is 6.43 Å². The number of hydrogen-bond donors (Lipinski definition) is 1. The summed E-state index contributed by atoms with van der Waals surface area (Å²) in [5, 5.41) is 6.65. The third-order valence-corrected chi connectivity index (χ3v) is 3.75. The summed E-state index contributed by atoms with van der Waals surface area (Å²) in [5.41, 5.74) is 0.172. The van der Waals surface area contributed by atoms with Crippen LogP contribution in [0.1, 0.15) is 49.4 Å². The maximum absolute atomic E-state index is 12.8. The van der Waals surface area contributed by atoms with E-state index in [1.807, 2.05) is 0 Å². The monoisotopic (exact) mass is 289 g/mol. The number of nitrogens with zero attached hydrogens (tertiary/aromatic N) is 2. The molecule has 0 saturated heterocycles. The summed E-state index contributed by atoms with van der Waals surface area (Å²) in [4.78, 5) is 11.7. The van der Waals surface area contributed by atoms with E-state index in [9.17, 15) is 13.6 Å². The first-order chi connectivity index (χ1) is 9.06. The lowest BCUT2D eigenvalue weighted by Crippen LogP contribution is -2.30. The van der Waals surface area contributed by atoms with E-state index in [-0.39, 0.29) is 29.4 Å². The minimum atomic E-state index is -2.71. The Morgan fingerprint density at radius 1 is 1.42 bits per heavy atom. The average molecular weight is 290 g/mol. The van der Waals surface area contributed by atoms with Crippen LogP contribution in [-0.4, -0.2) is 21.7 Å². The first-order valence-electron chi connectivity index (χ1n) is 6.40. The molecule has 0 bridgehead atoms. The highest BCUT2D eigenvalue weighted by Gasteiger charge is 2.34. The molecule has 3 rings (SSSR count). The molecular formula is C12H14ClF2N3O. The molecule has 2 fully saturated rings. The van der Waals surface area contributed by atoms with Gasteiger partial charge in [-0.15, -0.1) is 0 Å². The second kappa shape index (κ2) is 4.74. The van der Waals surface area contributed by atoms with Gasteiger partial charge in [-0.05, 0) is 25.7 Å². The number of halogens is 3. The second-order valence-electron chi connectivity index (χ2n) is 5.16. The topological polar surface area (TPSA) is 46.9 Å². The van der Waals surface area contributed by atoms with Gasteiger partial charge in [-0.25, -0.2) is 8.78 Å². The molecule has 1 aromatic rings. The lowest BCUT2D eigenvalue weighted by Gasteiger charge is -2.07. The molecule has 1 heterocycles. The second-order valence-corrected chi connectivity index (χ2v) is 5.54. The summed E-state index contributed by atoms with van der Waals surface area (Å²) >= 11 is 5.97. The number of alkyl halides is 2. The number of hydrogen-bond acceptors (Lipinski definition) is 2. The smallest absolute Gasteiger partial charge is 0.283 e. The molecule has 0 aliphatic heterocycles. The maximum atomic E-state index is 12.8. The summed E-state index contributed by atoms with van der Waals surface area (Å²) in [6.45, 7) is -0.0330. The van der Waals surface area contributed by atoms with Crippen LogP contribution in [-0.2, 0) is 11.3 Å². The van der Waals surface area contributed by atoms with Gasteiger partial charge in [0.1, 0.15) is 12.2 Å². The molecule has 1 N–H and O–H groups in total. The lowest BCUT2D eigenvalue weighted by molar-refractivity contribution is -0.122. The van der Waals surface area contributed by atoms with E-state index in [4.69, 9.17) is 11.6 Å². The van der Waals surface area contributed by atoms with E-state index in [2.05, 4.69) is 10.4 Å². The zero-order valence-electron chi connectivity index (χ0n) is 10.2. The predicted octanol–water partition coefficient (Wildman–Crippen LogP) is 2.63. The van der Waals surface area contributed by atoms with Crippen LogP contribution in [0, 0.1) is 0 Å². The van der Waals surface area contributed by atoms with Crippen molar-refractivity contribution in [1.82, 2.24) is 15.1 Å². The van der Waals surface area contributed by atoms with Crippen LogP contribution in [0.15, 0.2) is 0 Å². The van der Waals surface area contributed by atoms with Gasteiger partial charge in [0.15, 0.2) is 0 Å². The van der Waals surface area contributed by atoms with Crippen molar-refractivity contribution in [2.24, 2.45) is 0 Å². The molecule has 104 valence electrons. The van der Waals surface area contributed by atoms with Crippen LogP contribution in [0.4, 0.5) is 8.78 Å². The fourth-order valence-electron chi connectivity index (χ4n) is 2.12. The standard InChI is InChI=1S/C12H14ClF2N3O/c13-9-10(12(14)15)17-18(11(9)6-1-2-6)5-8(19)16-7-3-4-7/h6-7,12H,1-5H2,(H,16,19).